The fourth-order valence-electron chi connectivity index (χ4n) is 2.57. The minimum Gasteiger partial charge on any atom is -0.357 e. The number of nitrogens with one attached hydrogen (secondary N) is 1. The van der Waals surface area contributed by atoms with Crippen molar-refractivity contribution in [1.29, 1.82) is 0 Å². The van der Waals surface area contributed by atoms with Gasteiger partial charge in [-0.1, -0.05) is 12.8 Å². The van der Waals surface area contributed by atoms with E-state index < -0.39 is 0 Å². The summed E-state index contributed by atoms with van der Waals surface area (Å²) in [5, 5.41) is 3.02. The lowest BCUT2D eigenvalue weighted by Gasteiger charge is -2.28. The molecule has 6 heteroatoms. The third-order valence-electron chi connectivity index (χ3n) is 3.60. The lowest BCUT2D eigenvalue weighted by Crippen LogP contribution is -2.35. The van der Waals surface area contributed by atoms with E-state index in [0.717, 1.165) is 12.5 Å². The number of anilines is 3. The molecule has 0 aromatic carbocycles. The molecule has 0 spiro atoms. The van der Waals surface area contributed by atoms with Crippen LogP contribution >= 0.6 is 0 Å². The average molecular weight is 264 g/mol. The van der Waals surface area contributed by atoms with Gasteiger partial charge in [0.15, 0.2) is 0 Å². The van der Waals surface area contributed by atoms with Gasteiger partial charge in [-0.15, -0.1) is 0 Å². The fraction of sp³-hybridized carbons (Fsp3) is 0.769. The maximum Gasteiger partial charge on any atom is 0.232 e. The van der Waals surface area contributed by atoms with Gasteiger partial charge in [-0.05, 0) is 19.8 Å². The Morgan fingerprint density at radius 3 is 2.26 bits per heavy atom. The molecule has 1 aromatic heterocycles. The summed E-state index contributed by atoms with van der Waals surface area (Å²) in [4.78, 5) is 17.7. The maximum absolute atomic E-state index is 4.59. The first-order valence-corrected chi connectivity index (χ1v) is 7.03. The Balaban J connectivity index is 2.32. The van der Waals surface area contributed by atoms with Crippen molar-refractivity contribution in [1.82, 2.24) is 15.0 Å². The Kier molecular flexibility index (Phi) is 4.39. The number of nitrogens with zero attached hydrogens (tertiary/aromatic N) is 5. The van der Waals surface area contributed by atoms with Gasteiger partial charge >= 0.3 is 0 Å². The first kappa shape index (κ1) is 13.8. The van der Waals surface area contributed by atoms with E-state index in [-0.39, 0.29) is 0 Å². The minimum atomic E-state index is 0.576. The SMILES string of the molecule is CCN(c1nc(NC)nc(N(C)C)n1)C1CCCC1. The summed E-state index contributed by atoms with van der Waals surface area (Å²) < 4.78 is 0. The van der Waals surface area contributed by atoms with Gasteiger partial charge in [0.05, 0.1) is 0 Å². The molecule has 0 amide bonds. The molecule has 106 valence electrons. The van der Waals surface area contributed by atoms with Crippen LogP contribution in [0.25, 0.3) is 0 Å². The molecular formula is C13H24N6. The van der Waals surface area contributed by atoms with Crippen molar-refractivity contribution in [3.63, 3.8) is 0 Å². The quantitative estimate of drug-likeness (QED) is 0.874. The molecule has 1 heterocycles. The zero-order chi connectivity index (χ0) is 13.8. The highest BCUT2D eigenvalue weighted by Gasteiger charge is 2.24. The second kappa shape index (κ2) is 6.04. The van der Waals surface area contributed by atoms with E-state index in [1.807, 2.05) is 26.0 Å². The van der Waals surface area contributed by atoms with Gasteiger partial charge in [0, 0.05) is 33.7 Å². The molecule has 0 unspecified atom stereocenters. The molecule has 0 aliphatic heterocycles. The molecule has 0 bridgehead atoms. The fourth-order valence-corrected chi connectivity index (χ4v) is 2.57. The van der Waals surface area contributed by atoms with E-state index in [1.54, 1.807) is 0 Å². The highest BCUT2D eigenvalue weighted by Crippen LogP contribution is 2.27. The van der Waals surface area contributed by atoms with E-state index in [2.05, 4.69) is 32.1 Å². The van der Waals surface area contributed by atoms with Gasteiger partial charge in [0.1, 0.15) is 0 Å². The lowest BCUT2D eigenvalue weighted by molar-refractivity contribution is 0.604. The molecule has 0 radical (unpaired) electrons. The topological polar surface area (TPSA) is 57.2 Å². The molecule has 2 rings (SSSR count). The molecule has 1 saturated carbocycles. The highest BCUT2D eigenvalue weighted by atomic mass is 15.4. The predicted molar refractivity (Wildman–Crippen MR) is 79.0 cm³/mol. The molecule has 19 heavy (non-hydrogen) atoms. The van der Waals surface area contributed by atoms with E-state index in [9.17, 15) is 0 Å². The van der Waals surface area contributed by atoms with Gasteiger partial charge < -0.3 is 15.1 Å². The summed E-state index contributed by atoms with van der Waals surface area (Å²) in [5.74, 6) is 2.12. The van der Waals surface area contributed by atoms with Crippen LogP contribution in [0.1, 0.15) is 32.6 Å². The Labute approximate surface area is 115 Å². The number of hydrogen-bond donors (Lipinski definition) is 1. The van der Waals surface area contributed by atoms with Crippen LogP contribution in [0.15, 0.2) is 0 Å². The summed E-state index contributed by atoms with van der Waals surface area (Å²) in [7, 11) is 5.74. The standard InChI is InChI=1S/C13H24N6/c1-5-19(10-8-6-7-9-10)13-16-11(14-2)15-12(17-13)18(3)4/h10H,5-9H2,1-4H3,(H,14,15,16,17). The first-order valence-electron chi connectivity index (χ1n) is 7.03. The van der Waals surface area contributed by atoms with Crippen LogP contribution in [0, 0.1) is 0 Å². The molecule has 6 nitrogen and oxygen atoms in total. The average Bonchev–Trinajstić information content (AvgIpc) is 2.93. The molecule has 1 aromatic rings. The van der Waals surface area contributed by atoms with Gasteiger partial charge in [-0.2, -0.15) is 15.0 Å². The van der Waals surface area contributed by atoms with E-state index in [1.165, 1.54) is 25.7 Å². The zero-order valence-electron chi connectivity index (χ0n) is 12.3. The monoisotopic (exact) mass is 264 g/mol. The van der Waals surface area contributed by atoms with E-state index in [0.29, 0.717) is 17.9 Å². The van der Waals surface area contributed by atoms with Crippen molar-refractivity contribution < 1.29 is 0 Å². The molecular weight excluding hydrogens is 240 g/mol. The largest absolute Gasteiger partial charge is 0.357 e. The number of rotatable bonds is 5. The van der Waals surface area contributed by atoms with Crippen LogP contribution in [0.4, 0.5) is 17.8 Å². The molecule has 1 aliphatic carbocycles. The molecule has 1 N–H and O–H groups in total. The van der Waals surface area contributed by atoms with Crippen LogP contribution < -0.4 is 15.1 Å². The van der Waals surface area contributed by atoms with Crippen molar-refractivity contribution in [2.75, 3.05) is 42.8 Å². The third kappa shape index (κ3) is 3.05. The van der Waals surface area contributed by atoms with Crippen molar-refractivity contribution in [3.8, 4) is 0 Å². The number of hydrogen-bond acceptors (Lipinski definition) is 6. The maximum atomic E-state index is 4.59. The highest BCUT2D eigenvalue weighted by molar-refractivity contribution is 5.45. The van der Waals surface area contributed by atoms with E-state index in [4.69, 9.17) is 0 Å². The third-order valence-corrected chi connectivity index (χ3v) is 3.60. The summed E-state index contributed by atoms with van der Waals surface area (Å²) in [6, 6.07) is 0.576. The second-order valence-electron chi connectivity index (χ2n) is 5.13. The Bertz CT molecular complexity index is 414. The molecule has 0 saturated heterocycles. The van der Waals surface area contributed by atoms with Crippen LogP contribution in [-0.2, 0) is 0 Å². The second-order valence-corrected chi connectivity index (χ2v) is 5.13. The van der Waals surface area contributed by atoms with Gasteiger partial charge in [-0.25, -0.2) is 0 Å². The van der Waals surface area contributed by atoms with Crippen LogP contribution in [0.5, 0.6) is 0 Å². The summed E-state index contributed by atoms with van der Waals surface area (Å²) in [6.07, 6.45) is 5.11. The van der Waals surface area contributed by atoms with Gasteiger partial charge in [-0.3, -0.25) is 0 Å². The van der Waals surface area contributed by atoms with Crippen LogP contribution in [0.2, 0.25) is 0 Å². The predicted octanol–water partition coefficient (Wildman–Crippen LogP) is 1.75. The summed E-state index contributed by atoms with van der Waals surface area (Å²) >= 11 is 0. The van der Waals surface area contributed by atoms with Gasteiger partial charge in [0.2, 0.25) is 17.8 Å². The Morgan fingerprint density at radius 1 is 1.11 bits per heavy atom. The van der Waals surface area contributed by atoms with Crippen molar-refractivity contribution in [2.45, 2.75) is 38.6 Å². The molecule has 1 fully saturated rings. The van der Waals surface area contributed by atoms with Crippen molar-refractivity contribution >= 4 is 17.8 Å². The van der Waals surface area contributed by atoms with Crippen LogP contribution in [-0.4, -0.2) is 48.7 Å². The van der Waals surface area contributed by atoms with Crippen molar-refractivity contribution in [3.05, 3.63) is 0 Å². The number of aromatic nitrogens is 3. The zero-order valence-corrected chi connectivity index (χ0v) is 12.3. The molecule has 0 atom stereocenters. The summed E-state index contributed by atoms with van der Waals surface area (Å²) in [6.45, 7) is 3.10. The molecule has 1 aliphatic rings. The summed E-state index contributed by atoms with van der Waals surface area (Å²) in [5.41, 5.74) is 0. The van der Waals surface area contributed by atoms with Gasteiger partial charge in [0.25, 0.3) is 0 Å². The lowest BCUT2D eigenvalue weighted by atomic mass is 10.2. The van der Waals surface area contributed by atoms with Crippen LogP contribution in [0.3, 0.4) is 0 Å². The Hall–Kier alpha value is -1.59. The normalized spacial score (nSPS) is 15.6. The van der Waals surface area contributed by atoms with E-state index >= 15 is 0 Å². The first-order chi connectivity index (χ1) is 9.15. The van der Waals surface area contributed by atoms with Crippen molar-refractivity contribution in [2.24, 2.45) is 0 Å². The minimum absolute atomic E-state index is 0.576. The Morgan fingerprint density at radius 2 is 1.74 bits per heavy atom. The smallest absolute Gasteiger partial charge is 0.232 e.